The summed E-state index contributed by atoms with van der Waals surface area (Å²) in [6.07, 6.45) is 1.55. The maximum Gasteiger partial charge on any atom is 0.292 e. The van der Waals surface area contributed by atoms with E-state index in [0.29, 0.717) is 17.2 Å². The van der Waals surface area contributed by atoms with Crippen LogP contribution in [-0.4, -0.2) is 5.16 Å². The molecule has 0 aromatic carbocycles. The van der Waals surface area contributed by atoms with Crippen LogP contribution in [0.15, 0.2) is 4.52 Å². The lowest BCUT2D eigenvalue weighted by Gasteiger charge is -1.88. The summed E-state index contributed by atoms with van der Waals surface area (Å²) in [6.45, 7) is 3.40. The Hall–Kier alpha value is -1.50. The summed E-state index contributed by atoms with van der Waals surface area (Å²) in [6, 6.07) is 0. The standard InChI is InChI=1S/C6H6N2O2/c1-4-6(9-3-7)5(2)10-8-4/h1-2H3. The molecular weight excluding hydrogens is 132 g/mol. The van der Waals surface area contributed by atoms with Crippen LogP contribution in [0.1, 0.15) is 11.5 Å². The van der Waals surface area contributed by atoms with E-state index >= 15 is 0 Å². The fourth-order valence-electron chi connectivity index (χ4n) is 0.666. The Bertz CT molecular complexity index is 252. The van der Waals surface area contributed by atoms with Gasteiger partial charge < -0.3 is 9.26 Å². The van der Waals surface area contributed by atoms with Gasteiger partial charge in [0.15, 0.2) is 5.76 Å². The van der Waals surface area contributed by atoms with Crippen LogP contribution in [0.4, 0.5) is 0 Å². The van der Waals surface area contributed by atoms with Crippen LogP contribution < -0.4 is 4.74 Å². The Morgan fingerprint density at radius 3 is 2.70 bits per heavy atom. The molecule has 0 atom stereocenters. The first-order chi connectivity index (χ1) is 4.75. The molecule has 0 spiro atoms. The lowest BCUT2D eigenvalue weighted by molar-refractivity contribution is 0.386. The number of nitrogens with zero attached hydrogens (tertiary/aromatic N) is 2. The van der Waals surface area contributed by atoms with Gasteiger partial charge in [-0.15, -0.1) is 5.26 Å². The molecule has 0 aliphatic carbocycles. The summed E-state index contributed by atoms with van der Waals surface area (Å²) in [5, 5.41) is 11.7. The van der Waals surface area contributed by atoms with Gasteiger partial charge in [-0.2, -0.15) is 0 Å². The van der Waals surface area contributed by atoms with Crippen molar-refractivity contribution in [3.63, 3.8) is 0 Å². The first-order valence-corrected chi connectivity index (χ1v) is 2.74. The number of hydrogen-bond donors (Lipinski definition) is 0. The topological polar surface area (TPSA) is 59.1 Å². The number of hydrogen-bond acceptors (Lipinski definition) is 4. The van der Waals surface area contributed by atoms with Gasteiger partial charge in [-0.05, 0) is 6.92 Å². The largest absolute Gasteiger partial charge is 0.382 e. The van der Waals surface area contributed by atoms with Gasteiger partial charge in [0.25, 0.3) is 6.26 Å². The van der Waals surface area contributed by atoms with Gasteiger partial charge in [-0.1, -0.05) is 5.16 Å². The molecule has 10 heavy (non-hydrogen) atoms. The number of ether oxygens (including phenoxy) is 1. The summed E-state index contributed by atoms with van der Waals surface area (Å²) in [4.78, 5) is 0. The van der Waals surface area contributed by atoms with E-state index in [0.717, 1.165) is 0 Å². The fourth-order valence-corrected chi connectivity index (χ4v) is 0.666. The molecule has 4 heteroatoms. The van der Waals surface area contributed by atoms with Crippen molar-refractivity contribution in [2.75, 3.05) is 0 Å². The number of aromatic nitrogens is 1. The van der Waals surface area contributed by atoms with Crippen LogP contribution in [0.25, 0.3) is 0 Å². The van der Waals surface area contributed by atoms with E-state index in [1.165, 1.54) is 0 Å². The van der Waals surface area contributed by atoms with Crippen molar-refractivity contribution in [3.05, 3.63) is 11.5 Å². The molecule has 1 aromatic heterocycles. The van der Waals surface area contributed by atoms with E-state index in [1.54, 1.807) is 20.1 Å². The zero-order valence-corrected chi connectivity index (χ0v) is 5.71. The van der Waals surface area contributed by atoms with Gasteiger partial charge >= 0.3 is 0 Å². The second-order valence-corrected chi connectivity index (χ2v) is 1.85. The van der Waals surface area contributed by atoms with Crippen molar-refractivity contribution in [1.29, 1.82) is 5.26 Å². The number of rotatable bonds is 1. The second kappa shape index (κ2) is 2.40. The predicted octanol–water partition coefficient (Wildman–Crippen LogP) is 1.15. The van der Waals surface area contributed by atoms with Crippen molar-refractivity contribution in [3.8, 4) is 12.0 Å². The molecule has 0 fully saturated rings. The first-order valence-electron chi connectivity index (χ1n) is 2.74. The molecule has 0 aliphatic heterocycles. The summed E-state index contributed by atoms with van der Waals surface area (Å²) < 4.78 is 9.28. The molecule has 0 radical (unpaired) electrons. The first kappa shape index (κ1) is 6.62. The highest BCUT2D eigenvalue weighted by atomic mass is 16.5. The zero-order chi connectivity index (χ0) is 7.56. The van der Waals surface area contributed by atoms with Crippen LogP contribution in [0, 0.1) is 25.4 Å². The minimum absolute atomic E-state index is 0.419. The van der Waals surface area contributed by atoms with Crippen molar-refractivity contribution in [2.45, 2.75) is 13.8 Å². The average Bonchev–Trinajstić information content (AvgIpc) is 2.20. The van der Waals surface area contributed by atoms with E-state index in [-0.39, 0.29) is 0 Å². The molecule has 0 saturated carbocycles. The van der Waals surface area contributed by atoms with Gasteiger partial charge in [0.05, 0.1) is 0 Å². The van der Waals surface area contributed by atoms with Crippen LogP contribution in [0.3, 0.4) is 0 Å². The van der Waals surface area contributed by atoms with Gasteiger partial charge in [-0.25, -0.2) is 0 Å². The molecule has 0 aliphatic rings. The summed E-state index contributed by atoms with van der Waals surface area (Å²) in [5.41, 5.74) is 0.596. The minimum atomic E-state index is 0.419. The van der Waals surface area contributed by atoms with Crippen molar-refractivity contribution in [2.24, 2.45) is 0 Å². The third-order valence-electron chi connectivity index (χ3n) is 1.12. The predicted molar refractivity (Wildman–Crippen MR) is 32.2 cm³/mol. The third kappa shape index (κ3) is 0.935. The minimum Gasteiger partial charge on any atom is -0.382 e. The van der Waals surface area contributed by atoms with Crippen molar-refractivity contribution in [1.82, 2.24) is 5.16 Å². The maximum atomic E-state index is 8.15. The van der Waals surface area contributed by atoms with Gasteiger partial charge in [-0.3, -0.25) is 0 Å². The van der Waals surface area contributed by atoms with Crippen molar-refractivity contribution >= 4 is 0 Å². The molecule has 0 bridgehead atoms. The Kier molecular flexibility index (Phi) is 1.59. The Morgan fingerprint density at radius 2 is 2.30 bits per heavy atom. The molecular formula is C6H6N2O2. The lowest BCUT2D eigenvalue weighted by Crippen LogP contribution is -1.83. The van der Waals surface area contributed by atoms with E-state index < -0.39 is 0 Å². The normalized spacial score (nSPS) is 8.90. The van der Waals surface area contributed by atoms with Gasteiger partial charge in [0.1, 0.15) is 5.69 Å². The Balaban J connectivity index is 3.01. The highest BCUT2D eigenvalue weighted by molar-refractivity contribution is 5.29. The number of aryl methyl sites for hydroxylation is 2. The number of nitriles is 1. The maximum absolute atomic E-state index is 8.15. The van der Waals surface area contributed by atoms with Crippen LogP contribution in [-0.2, 0) is 0 Å². The second-order valence-electron chi connectivity index (χ2n) is 1.85. The van der Waals surface area contributed by atoms with Gasteiger partial charge in [0.2, 0.25) is 5.75 Å². The molecule has 52 valence electrons. The Labute approximate surface area is 58.0 Å². The summed E-state index contributed by atoms with van der Waals surface area (Å²) in [7, 11) is 0. The van der Waals surface area contributed by atoms with E-state index in [4.69, 9.17) is 9.78 Å². The fraction of sp³-hybridized carbons (Fsp3) is 0.333. The monoisotopic (exact) mass is 138 g/mol. The quantitative estimate of drug-likeness (QED) is 0.546. The molecule has 0 amide bonds. The molecule has 0 N–H and O–H groups in total. The molecule has 0 unspecified atom stereocenters. The average molecular weight is 138 g/mol. The zero-order valence-electron chi connectivity index (χ0n) is 5.71. The molecule has 1 aromatic rings. The Morgan fingerprint density at radius 1 is 1.60 bits per heavy atom. The van der Waals surface area contributed by atoms with E-state index in [1.807, 2.05) is 0 Å². The van der Waals surface area contributed by atoms with Gasteiger partial charge in [0, 0.05) is 6.92 Å². The summed E-state index contributed by atoms with van der Waals surface area (Å²) >= 11 is 0. The van der Waals surface area contributed by atoms with Crippen LogP contribution in [0.2, 0.25) is 0 Å². The smallest absolute Gasteiger partial charge is 0.292 e. The molecule has 1 rings (SSSR count). The van der Waals surface area contributed by atoms with E-state index in [9.17, 15) is 0 Å². The molecule has 1 heterocycles. The summed E-state index contributed by atoms with van der Waals surface area (Å²) in [5.74, 6) is 0.946. The molecule has 0 saturated heterocycles. The SMILES string of the molecule is Cc1noc(C)c1OC#N. The van der Waals surface area contributed by atoms with Crippen LogP contribution >= 0.6 is 0 Å². The molecule has 4 nitrogen and oxygen atoms in total. The van der Waals surface area contributed by atoms with E-state index in [2.05, 4.69) is 9.89 Å². The lowest BCUT2D eigenvalue weighted by atomic mass is 10.4. The van der Waals surface area contributed by atoms with Crippen LogP contribution in [0.5, 0.6) is 5.75 Å². The third-order valence-corrected chi connectivity index (χ3v) is 1.12. The van der Waals surface area contributed by atoms with Crippen molar-refractivity contribution < 1.29 is 9.26 Å². The highest BCUT2D eigenvalue weighted by Gasteiger charge is 2.09. The highest BCUT2D eigenvalue weighted by Crippen LogP contribution is 2.20.